The van der Waals surface area contributed by atoms with Crippen molar-refractivity contribution in [2.45, 2.75) is 6.42 Å². The molecule has 0 aliphatic heterocycles. The molecular weight excluding hydrogens is 436 g/mol. The van der Waals surface area contributed by atoms with Crippen LogP contribution >= 0.6 is 11.3 Å². The Morgan fingerprint density at radius 2 is 1.61 bits per heavy atom. The van der Waals surface area contributed by atoms with Gasteiger partial charge in [0, 0.05) is 24.1 Å². The van der Waals surface area contributed by atoms with Gasteiger partial charge >= 0.3 is 0 Å². The summed E-state index contributed by atoms with van der Waals surface area (Å²) in [6.07, 6.45) is 0.509. The third-order valence-electron chi connectivity index (χ3n) is 4.90. The fraction of sp³-hybridized carbons (Fsp3) is 0.120. The van der Waals surface area contributed by atoms with Crippen LogP contribution in [0.2, 0.25) is 0 Å². The van der Waals surface area contributed by atoms with Crippen molar-refractivity contribution in [2.75, 3.05) is 19.0 Å². The summed E-state index contributed by atoms with van der Waals surface area (Å²) in [6, 6.07) is 24.3. The SMILES string of the molecule is COc1cccc(C(=O)NCCc2nnc(NC(=O)c3ccc(-c4ccccc4)cc3)s2)c1. The van der Waals surface area contributed by atoms with Crippen LogP contribution in [0.1, 0.15) is 25.7 Å². The maximum atomic E-state index is 12.5. The van der Waals surface area contributed by atoms with E-state index < -0.39 is 0 Å². The summed E-state index contributed by atoms with van der Waals surface area (Å²) in [5, 5.41) is 14.9. The van der Waals surface area contributed by atoms with Crippen molar-refractivity contribution < 1.29 is 14.3 Å². The summed E-state index contributed by atoms with van der Waals surface area (Å²) < 4.78 is 5.14. The monoisotopic (exact) mass is 458 g/mol. The van der Waals surface area contributed by atoms with Crippen LogP contribution in [0.4, 0.5) is 5.13 Å². The molecule has 33 heavy (non-hydrogen) atoms. The van der Waals surface area contributed by atoms with E-state index in [-0.39, 0.29) is 11.8 Å². The summed E-state index contributed by atoms with van der Waals surface area (Å²) in [5.41, 5.74) is 3.20. The van der Waals surface area contributed by atoms with E-state index in [9.17, 15) is 9.59 Å². The van der Waals surface area contributed by atoms with Crippen molar-refractivity contribution in [3.05, 3.63) is 95.0 Å². The largest absolute Gasteiger partial charge is 0.497 e. The van der Waals surface area contributed by atoms with Gasteiger partial charge in [0.1, 0.15) is 10.8 Å². The molecule has 3 aromatic carbocycles. The Balaban J connectivity index is 1.28. The molecule has 2 N–H and O–H groups in total. The molecule has 8 heteroatoms. The third kappa shape index (κ3) is 5.81. The molecular formula is C25H22N4O3S. The van der Waals surface area contributed by atoms with Crippen LogP contribution in [0, 0.1) is 0 Å². The molecule has 4 rings (SSSR count). The fourth-order valence-electron chi connectivity index (χ4n) is 3.17. The van der Waals surface area contributed by atoms with Crippen LogP contribution in [-0.4, -0.2) is 35.7 Å². The van der Waals surface area contributed by atoms with E-state index in [2.05, 4.69) is 20.8 Å². The molecule has 0 bridgehead atoms. The number of carbonyl (C=O) groups excluding carboxylic acids is 2. The van der Waals surface area contributed by atoms with Crippen LogP contribution in [0.5, 0.6) is 5.75 Å². The van der Waals surface area contributed by atoms with Gasteiger partial charge in [-0.25, -0.2) is 0 Å². The van der Waals surface area contributed by atoms with Crippen LogP contribution in [0.25, 0.3) is 11.1 Å². The lowest BCUT2D eigenvalue weighted by Gasteiger charge is -2.05. The molecule has 1 aromatic heterocycles. The molecule has 0 fully saturated rings. The number of nitrogens with zero attached hydrogens (tertiary/aromatic N) is 2. The maximum Gasteiger partial charge on any atom is 0.257 e. The molecule has 0 atom stereocenters. The van der Waals surface area contributed by atoms with E-state index in [1.807, 2.05) is 42.5 Å². The molecule has 7 nitrogen and oxygen atoms in total. The normalized spacial score (nSPS) is 10.5. The Bertz CT molecular complexity index is 1240. The van der Waals surface area contributed by atoms with Gasteiger partial charge in [0.25, 0.3) is 11.8 Å². The zero-order valence-electron chi connectivity index (χ0n) is 17.9. The summed E-state index contributed by atoms with van der Waals surface area (Å²) in [6.45, 7) is 0.402. The zero-order valence-corrected chi connectivity index (χ0v) is 18.8. The zero-order chi connectivity index (χ0) is 23.0. The van der Waals surface area contributed by atoms with Gasteiger partial charge in [-0.3, -0.25) is 14.9 Å². The lowest BCUT2D eigenvalue weighted by molar-refractivity contribution is 0.0953. The maximum absolute atomic E-state index is 12.5. The first-order valence-corrected chi connectivity index (χ1v) is 11.2. The summed E-state index contributed by atoms with van der Waals surface area (Å²) >= 11 is 1.28. The molecule has 0 aliphatic carbocycles. The van der Waals surface area contributed by atoms with Gasteiger partial charge in [-0.05, 0) is 41.5 Å². The number of carbonyl (C=O) groups is 2. The second-order valence-corrected chi connectivity index (χ2v) is 8.20. The number of amides is 2. The van der Waals surface area contributed by atoms with E-state index >= 15 is 0 Å². The van der Waals surface area contributed by atoms with Crippen LogP contribution < -0.4 is 15.4 Å². The number of methoxy groups -OCH3 is 1. The number of hydrogen-bond donors (Lipinski definition) is 2. The van der Waals surface area contributed by atoms with E-state index in [1.165, 1.54) is 11.3 Å². The number of benzene rings is 3. The molecule has 166 valence electrons. The minimum atomic E-state index is -0.247. The predicted molar refractivity (Wildman–Crippen MR) is 129 cm³/mol. The van der Waals surface area contributed by atoms with E-state index in [0.717, 1.165) is 16.1 Å². The molecule has 0 saturated carbocycles. The highest BCUT2D eigenvalue weighted by Crippen LogP contribution is 2.21. The van der Waals surface area contributed by atoms with Crippen molar-refractivity contribution in [3.8, 4) is 16.9 Å². The van der Waals surface area contributed by atoms with Crippen LogP contribution in [0.15, 0.2) is 78.9 Å². The van der Waals surface area contributed by atoms with Gasteiger partial charge in [0.15, 0.2) is 0 Å². The molecule has 1 heterocycles. The smallest absolute Gasteiger partial charge is 0.257 e. The predicted octanol–water partition coefficient (Wildman–Crippen LogP) is 4.44. The molecule has 0 unspecified atom stereocenters. The van der Waals surface area contributed by atoms with E-state index in [0.29, 0.717) is 35.0 Å². The first-order chi connectivity index (χ1) is 16.1. The van der Waals surface area contributed by atoms with Crippen LogP contribution in [0.3, 0.4) is 0 Å². The van der Waals surface area contributed by atoms with Crippen molar-refractivity contribution in [2.24, 2.45) is 0 Å². The Labute approximate surface area is 195 Å². The van der Waals surface area contributed by atoms with Crippen molar-refractivity contribution in [1.29, 1.82) is 0 Å². The molecule has 2 amide bonds. The molecule has 0 radical (unpaired) electrons. The second-order valence-electron chi connectivity index (χ2n) is 7.14. The first-order valence-electron chi connectivity index (χ1n) is 10.3. The van der Waals surface area contributed by atoms with Crippen molar-refractivity contribution in [3.63, 3.8) is 0 Å². The topological polar surface area (TPSA) is 93.2 Å². The van der Waals surface area contributed by atoms with Crippen molar-refractivity contribution in [1.82, 2.24) is 15.5 Å². The summed E-state index contributed by atoms with van der Waals surface area (Å²) in [5.74, 6) is 0.191. The van der Waals surface area contributed by atoms with Gasteiger partial charge in [-0.15, -0.1) is 10.2 Å². The summed E-state index contributed by atoms with van der Waals surface area (Å²) in [7, 11) is 1.56. The number of nitrogens with one attached hydrogen (secondary N) is 2. The van der Waals surface area contributed by atoms with Gasteiger partial charge in [0.2, 0.25) is 5.13 Å². The standard InChI is InChI=1S/C25H22N4O3S/c1-32-21-9-5-8-20(16-21)23(30)26-15-14-22-28-29-25(33-22)27-24(31)19-12-10-18(11-13-19)17-6-3-2-4-7-17/h2-13,16H,14-15H2,1H3,(H,26,30)(H,27,29,31). The van der Waals surface area contributed by atoms with E-state index in [4.69, 9.17) is 4.74 Å². The summed E-state index contributed by atoms with van der Waals surface area (Å²) in [4.78, 5) is 24.8. The lowest BCUT2D eigenvalue weighted by Crippen LogP contribution is -2.25. The van der Waals surface area contributed by atoms with Crippen LogP contribution in [-0.2, 0) is 6.42 Å². The third-order valence-corrected chi connectivity index (χ3v) is 5.80. The fourth-order valence-corrected chi connectivity index (χ4v) is 3.90. The average molecular weight is 459 g/mol. The number of hydrogen-bond acceptors (Lipinski definition) is 6. The average Bonchev–Trinajstić information content (AvgIpc) is 3.31. The number of rotatable bonds is 8. The van der Waals surface area contributed by atoms with Crippen molar-refractivity contribution >= 4 is 28.3 Å². The Morgan fingerprint density at radius 3 is 2.36 bits per heavy atom. The second kappa shape index (κ2) is 10.5. The van der Waals surface area contributed by atoms with Gasteiger partial charge in [-0.1, -0.05) is 59.9 Å². The molecule has 0 spiro atoms. The van der Waals surface area contributed by atoms with E-state index in [1.54, 1.807) is 43.5 Å². The highest BCUT2D eigenvalue weighted by atomic mass is 32.1. The number of ether oxygens (including phenoxy) is 1. The molecule has 0 saturated heterocycles. The van der Waals surface area contributed by atoms with Gasteiger partial charge in [0.05, 0.1) is 7.11 Å². The quantitative estimate of drug-likeness (QED) is 0.407. The Morgan fingerprint density at radius 1 is 0.848 bits per heavy atom. The highest BCUT2D eigenvalue weighted by molar-refractivity contribution is 7.15. The Kier molecular flexibility index (Phi) is 7.06. The minimum absolute atomic E-state index is 0.189. The van der Waals surface area contributed by atoms with Gasteiger partial charge in [-0.2, -0.15) is 0 Å². The number of anilines is 1. The first kappa shape index (κ1) is 22.2. The molecule has 0 aliphatic rings. The Hall–Kier alpha value is -4.04. The number of aromatic nitrogens is 2. The highest BCUT2D eigenvalue weighted by Gasteiger charge is 2.12. The molecule has 4 aromatic rings. The lowest BCUT2D eigenvalue weighted by atomic mass is 10.0. The van der Waals surface area contributed by atoms with Gasteiger partial charge < -0.3 is 10.1 Å². The minimum Gasteiger partial charge on any atom is -0.497 e.